The third-order valence-electron chi connectivity index (χ3n) is 1.72. The van der Waals surface area contributed by atoms with Gasteiger partial charge in [-0.2, -0.15) is 0 Å². The van der Waals surface area contributed by atoms with Crippen LogP contribution in [0.25, 0.3) is 0 Å². The van der Waals surface area contributed by atoms with Crippen molar-refractivity contribution in [2.24, 2.45) is 11.8 Å². The van der Waals surface area contributed by atoms with Crippen molar-refractivity contribution in [2.45, 2.75) is 13.3 Å². The van der Waals surface area contributed by atoms with Crippen molar-refractivity contribution in [1.82, 2.24) is 0 Å². The standard InChI is InChI=1S/C8H12O4/c1-3-5(2)6(8(11)12)4-7(9)10/h3,5-6H,1,4H2,2H3,(H,9,10)(H,11,12). The average molecular weight is 172 g/mol. The maximum absolute atomic E-state index is 10.5. The lowest BCUT2D eigenvalue weighted by Gasteiger charge is -2.13. The molecule has 0 aliphatic rings. The van der Waals surface area contributed by atoms with Crippen molar-refractivity contribution in [3.05, 3.63) is 12.7 Å². The van der Waals surface area contributed by atoms with E-state index < -0.39 is 17.9 Å². The molecule has 0 saturated carbocycles. The highest BCUT2D eigenvalue weighted by atomic mass is 16.4. The molecule has 0 aromatic heterocycles. The van der Waals surface area contributed by atoms with Crippen LogP contribution >= 0.6 is 0 Å². The predicted octanol–water partition coefficient (Wildman–Crippen LogP) is 0.984. The molecule has 0 aromatic carbocycles. The lowest BCUT2D eigenvalue weighted by atomic mass is 9.91. The van der Waals surface area contributed by atoms with Gasteiger partial charge >= 0.3 is 11.9 Å². The number of carboxylic acid groups (broad SMARTS) is 2. The summed E-state index contributed by atoms with van der Waals surface area (Å²) >= 11 is 0. The van der Waals surface area contributed by atoms with E-state index in [1.165, 1.54) is 6.08 Å². The van der Waals surface area contributed by atoms with Crippen LogP contribution in [0.5, 0.6) is 0 Å². The number of rotatable bonds is 5. The van der Waals surface area contributed by atoms with Crippen molar-refractivity contribution >= 4 is 11.9 Å². The molecule has 0 aromatic rings. The maximum Gasteiger partial charge on any atom is 0.307 e. The minimum atomic E-state index is -1.10. The molecule has 4 heteroatoms. The van der Waals surface area contributed by atoms with Gasteiger partial charge in [0.15, 0.2) is 0 Å². The topological polar surface area (TPSA) is 74.6 Å². The number of carbonyl (C=O) groups is 2. The average Bonchev–Trinajstić information content (AvgIpc) is 1.98. The summed E-state index contributed by atoms with van der Waals surface area (Å²) in [6, 6.07) is 0. The Morgan fingerprint density at radius 2 is 2.00 bits per heavy atom. The molecule has 12 heavy (non-hydrogen) atoms. The fourth-order valence-corrected chi connectivity index (χ4v) is 0.850. The van der Waals surface area contributed by atoms with Crippen LogP contribution in [-0.4, -0.2) is 22.2 Å². The monoisotopic (exact) mass is 172 g/mol. The summed E-state index contributed by atoms with van der Waals surface area (Å²) in [5.41, 5.74) is 0. The molecule has 0 rings (SSSR count). The molecule has 0 heterocycles. The molecule has 4 nitrogen and oxygen atoms in total. The predicted molar refractivity (Wildman–Crippen MR) is 42.7 cm³/mol. The Hall–Kier alpha value is -1.32. The van der Waals surface area contributed by atoms with E-state index in [1.54, 1.807) is 6.92 Å². The Labute approximate surface area is 70.5 Å². The van der Waals surface area contributed by atoms with Gasteiger partial charge in [0, 0.05) is 0 Å². The summed E-state index contributed by atoms with van der Waals surface area (Å²) in [6.07, 6.45) is 1.09. The zero-order valence-corrected chi connectivity index (χ0v) is 6.86. The highest BCUT2D eigenvalue weighted by Gasteiger charge is 2.25. The normalized spacial score (nSPS) is 14.8. The van der Waals surface area contributed by atoms with Gasteiger partial charge in [-0.15, -0.1) is 6.58 Å². The van der Waals surface area contributed by atoms with Gasteiger partial charge in [-0.25, -0.2) is 0 Å². The van der Waals surface area contributed by atoms with Gasteiger partial charge in [0.05, 0.1) is 12.3 Å². The van der Waals surface area contributed by atoms with Crippen molar-refractivity contribution in [3.8, 4) is 0 Å². The van der Waals surface area contributed by atoms with Crippen LogP contribution in [0.1, 0.15) is 13.3 Å². The Morgan fingerprint density at radius 3 is 2.25 bits per heavy atom. The molecule has 0 spiro atoms. The molecule has 2 unspecified atom stereocenters. The SMILES string of the molecule is C=CC(C)C(CC(=O)O)C(=O)O. The smallest absolute Gasteiger partial charge is 0.307 e. The quantitative estimate of drug-likeness (QED) is 0.606. The molecular formula is C8H12O4. The van der Waals surface area contributed by atoms with Crippen molar-refractivity contribution in [1.29, 1.82) is 0 Å². The lowest BCUT2D eigenvalue weighted by molar-refractivity contribution is -0.149. The maximum atomic E-state index is 10.5. The minimum absolute atomic E-state index is 0.321. The van der Waals surface area contributed by atoms with Crippen LogP contribution < -0.4 is 0 Å². The Morgan fingerprint density at radius 1 is 1.50 bits per heavy atom. The van der Waals surface area contributed by atoms with Crippen molar-refractivity contribution in [3.63, 3.8) is 0 Å². The second-order valence-corrected chi connectivity index (χ2v) is 2.64. The number of hydrogen-bond acceptors (Lipinski definition) is 2. The molecule has 0 aliphatic heterocycles. The highest BCUT2D eigenvalue weighted by Crippen LogP contribution is 2.16. The van der Waals surface area contributed by atoms with Gasteiger partial charge in [-0.1, -0.05) is 13.0 Å². The lowest BCUT2D eigenvalue weighted by Crippen LogP contribution is -2.23. The minimum Gasteiger partial charge on any atom is -0.481 e. The number of carboxylic acids is 2. The molecule has 0 fully saturated rings. The van der Waals surface area contributed by atoms with E-state index in [1.807, 2.05) is 0 Å². The van der Waals surface area contributed by atoms with Gasteiger partial charge in [0.25, 0.3) is 0 Å². The molecule has 0 saturated heterocycles. The molecule has 0 aliphatic carbocycles. The summed E-state index contributed by atoms with van der Waals surface area (Å²) in [5, 5.41) is 17.0. The highest BCUT2D eigenvalue weighted by molar-refractivity contribution is 5.78. The van der Waals surface area contributed by atoms with Crippen LogP contribution in [-0.2, 0) is 9.59 Å². The number of allylic oxidation sites excluding steroid dienone is 1. The Kier molecular flexibility index (Phi) is 4.04. The van der Waals surface area contributed by atoms with Crippen LogP contribution in [0.15, 0.2) is 12.7 Å². The second-order valence-electron chi connectivity index (χ2n) is 2.64. The largest absolute Gasteiger partial charge is 0.481 e. The molecule has 0 radical (unpaired) electrons. The Balaban J connectivity index is 4.32. The number of aliphatic carboxylic acids is 2. The fourth-order valence-electron chi connectivity index (χ4n) is 0.850. The summed E-state index contributed by atoms with van der Waals surface area (Å²) in [7, 11) is 0. The van der Waals surface area contributed by atoms with Gasteiger partial charge in [-0.05, 0) is 5.92 Å². The summed E-state index contributed by atoms with van der Waals surface area (Å²) in [6.45, 7) is 5.05. The molecular weight excluding hydrogens is 160 g/mol. The van der Waals surface area contributed by atoms with Crippen molar-refractivity contribution in [2.75, 3.05) is 0 Å². The van der Waals surface area contributed by atoms with Crippen LogP contribution in [0.4, 0.5) is 0 Å². The van der Waals surface area contributed by atoms with E-state index >= 15 is 0 Å². The van der Waals surface area contributed by atoms with E-state index in [-0.39, 0.29) is 12.3 Å². The first kappa shape index (κ1) is 10.7. The first-order valence-corrected chi connectivity index (χ1v) is 3.56. The second kappa shape index (κ2) is 4.54. The fraction of sp³-hybridized carbons (Fsp3) is 0.500. The van der Waals surface area contributed by atoms with Gasteiger partial charge in [0.2, 0.25) is 0 Å². The molecule has 0 bridgehead atoms. The van der Waals surface area contributed by atoms with Gasteiger partial charge in [-0.3, -0.25) is 9.59 Å². The first-order valence-electron chi connectivity index (χ1n) is 3.56. The van der Waals surface area contributed by atoms with E-state index in [0.29, 0.717) is 0 Å². The number of hydrogen-bond donors (Lipinski definition) is 2. The third kappa shape index (κ3) is 3.18. The molecule has 2 N–H and O–H groups in total. The molecule has 68 valence electrons. The first-order chi connectivity index (χ1) is 5.49. The van der Waals surface area contributed by atoms with E-state index in [2.05, 4.69) is 6.58 Å². The molecule has 0 amide bonds. The van der Waals surface area contributed by atoms with E-state index in [9.17, 15) is 9.59 Å². The van der Waals surface area contributed by atoms with Gasteiger partial charge < -0.3 is 10.2 Å². The third-order valence-corrected chi connectivity index (χ3v) is 1.72. The van der Waals surface area contributed by atoms with E-state index in [4.69, 9.17) is 10.2 Å². The zero-order valence-electron chi connectivity index (χ0n) is 6.86. The zero-order chi connectivity index (χ0) is 9.72. The Bertz CT molecular complexity index is 197. The van der Waals surface area contributed by atoms with Gasteiger partial charge in [0.1, 0.15) is 0 Å². The van der Waals surface area contributed by atoms with Crippen LogP contribution in [0.2, 0.25) is 0 Å². The van der Waals surface area contributed by atoms with Crippen molar-refractivity contribution < 1.29 is 19.8 Å². The van der Waals surface area contributed by atoms with E-state index in [0.717, 1.165) is 0 Å². The summed E-state index contributed by atoms with van der Waals surface area (Å²) < 4.78 is 0. The molecule has 2 atom stereocenters. The van der Waals surface area contributed by atoms with Crippen LogP contribution in [0.3, 0.4) is 0 Å². The summed E-state index contributed by atoms with van der Waals surface area (Å²) in [4.78, 5) is 20.8. The summed E-state index contributed by atoms with van der Waals surface area (Å²) in [5.74, 6) is -3.39. The van der Waals surface area contributed by atoms with Crippen LogP contribution in [0, 0.1) is 11.8 Å².